The van der Waals surface area contributed by atoms with Gasteiger partial charge in [0, 0.05) is 25.4 Å². The topological polar surface area (TPSA) is 72.4 Å². The molecule has 0 bridgehead atoms. The monoisotopic (exact) mass is 397 g/mol. The minimum absolute atomic E-state index is 0.0942. The lowest BCUT2D eigenvalue weighted by molar-refractivity contribution is -0.133. The number of halogens is 1. The van der Waals surface area contributed by atoms with Crippen LogP contribution in [0.15, 0.2) is 51.6 Å². The SMILES string of the molecule is O=C(CCc1nc(-c2ccco2)no1)N(CCc1ccc(F)cc1)C1CCCC1. The zero-order valence-corrected chi connectivity index (χ0v) is 16.2. The quantitative estimate of drug-likeness (QED) is 0.563. The van der Waals surface area contributed by atoms with E-state index < -0.39 is 0 Å². The predicted molar refractivity (Wildman–Crippen MR) is 104 cm³/mol. The van der Waals surface area contributed by atoms with Crippen LogP contribution in [0.1, 0.15) is 43.6 Å². The first-order chi connectivity index (χ1) is 14.2. The highest BCUT2D eigenvalue weighted by molar-refractivity contribution is 5.76. The number of amides is 1. The van der Waals surface area contributed by atoms with Crippen LogP contribution in [0.3, 0.4) is 0 Å². The summed E-state index contributed by atoms with van der Waals surface area (Å²) in [6.45, 7) is 0.636. The fraction of sp³-hybridized carbons (Fsp3) is 0.409. The Balaban J connectivity index is 1.36. The number of aryl methyl sites for hydroxylation is 1. The van der Waals surface area contributed by atoms with E-state index in [1.54, 1.807) is 30.5 Å². The number of benzene rings is 1. The molecule has 1 saturated carbocycles. The van der Waals surface area contributed by atoms with Crippen LogP contribution in [0.2, 0.25) is 0 Å². The van der Waals surface area contributed by atoms with Crippen molar-refractivity contribution in [2.75, 3.05) is 6.54 Å². The minimum Gasteiger partial charge on any atom is -0.461 e. The van der Waals surface area contributed by atoms with E-state index in [4.69, 9.17) is 8.94 Å². The lowest BCUT2D eigenvalue weighted by Crippen LogP contribution is -2.40. The van der Waals surface area contributed by atoms with E-state index in [0.717, 1.165) is 31.2 Å². The fourth-order valence-electron chi connectivity index (χ4n) is 3.85. The summed E-state index contributed by atoms with van der Waals surface area (Å²) in [6, 6.07) is 10.3. The summed E-state index contributed by atoms with van der Waals surface area (Å²) in [6.07, 6.45) is 7.37. The second-order valence-electron chi connectivity index (χ2n) is 7.39. The number of rotatable bonds is 8. The van der Waals surface area contributed by atoms with Crippen LogP contribution in [-0.2, 0) is 17.6 Å². The zero-order chi connectivity index (χ0) is 20.1. The molecule has 0 spiro atoms. The van der Waals surface area contributed by atoms with E-state index in [1.807, 2.05) is 4.90 Å². The number of hydrogen-bond donors (Lipinski definition) is 0. The molecule has 1 aromatic carbocycles. The summed E-state index contributed by atoms with van der Waals surface area (Å²) in [5.74, 6) is 1.21. The average molecular weight is 397 g/mol. The Bertz CT molecular complexity index is 915. The maximum absolute atomic E-state index is 13.1. The first kappa shape index (κ1) is 19.4. The summed E-state index contributed by atoms with van der Waals surface area (Å²) < 4.78 is 23.6. The second kappa shape index (κ2) is 9.03. The second-order valence-corrected chi connectivity index (χ2v) is 7.39. The maximum atomic E-state index is 13.1. The van der Waals surface area contributed by atoms with E-state index in [1.165, 1.54) is 12.1 Å². The molecule has 0 radical (unpaired) electrons. The van der Waals surface area contributed by atoms with Crippen LogP contribution >= 0.6 is 0 Å². The standard InChI is InChI=1S/C22H24FN3O3/c23-17-9-7-16(8-10-17)13-14-26(18-4-1-2-5-18)21(27)12-11-20-24-22(25-29-20)19-6-3-15-28-19/h3,6-10,15,18H,1-2,4-5,11-14H2. The smallest absolute Gasteiger partial charge is 0.238 e. The van der Waals surface area contributed by atoms with Crippen LogP contribution in [0.25, 0.3) is 11.6 Å². The molecule has 152 valence electrons. The normalized spacial score (nSPS) is 14.4. The van der Waals surface area contributed by atoms with Gasteiger partial charge in [0.2, 0.25) is 17.6 Å². The van der Waals surface area contributed by atoms with E-state index in [0.29, 0.717) is 43.3 Å². The molecule has 1 aliphatic rings. The molecule has 4 rings (SSSR count). The Morgan fingerprint density at radius 1 is 1.14 bits per heavy atom. The Hall–Kier alpha value is -2.96. The van der Waals surface area contributed by atoms with Crippen LogP contribution in [-0.4, -0.2) is 33.5 Å². The van der Waals surface area contributed by atoms with Crippen molar-refractivity contribution in [2.45, 2.75) is 51.0 Å². The van der Waals surface area contributed by atoms with Crippen molar-refractivity contribution < 1.29 is 18.1 Å². The van der Waals surface area contributed by atoms with Gasteiger partial charge in [-0.05, 0) is 49.1 Å². The molecular weight excluding hydrogens is 373 g/mol. The maximum Gasteiger partial charge on any atom is 0.238 e. The van der Waals surface area contributed by atoms with Gasteiger partial charge in [0.25, 0.3) is 0 Å². The number of aromatic nitrogens is 2. The largest absolute Gasteiger partial charge is 0.461 e. The van der Waals surface area contributed by atoms with Gasteiger partial charge in [0.1, 0.15) is 5.82 Å². The zero-order valence-electron chi connectivity index (χ0n) is 16.2. The highest BCUT2D eigenvalue weighted by Crippen LogP contribution is 2.25. The van der Waals surface area contributed by atoms with Gasteiger partial charge < -0.3 is 13.8 Å². The Morgan fingerprint density at radius 2 is 1.93 bits per heavy atom. The van der Waals surface area contributed by atoms with E-state index in [9.17, 15) is 9.18 Å². The molecule has 0 unspecified atom stereocenters. The summed E-state index contributed by atoms with van der Waals surface area (Å²) in [5.41, 5.74) is 1.03. The third-order valence-electron chi connectivity index (χ3n) is 5.40. The Kier molecular flexibility index (Phi) is 6.03. The summed E-state index contributed by atoms with van der Waals surface area (Å²) in [7, 11) is 0. The van der Waals surface area contributed by atoms with Crippen LogP contribution < -0.4 is 0 Å². The highest BCUT2D eigenvalue weighted by Gasteiger charge is 2.26. The molecule has 0 N–H and O–H groups in total. The third-order valence-corrected chi connectivity index (χ3v) is 5.40. The molecule has 1 aliphatic carbocycles. The predicted octanol–water partition coefficient (Wildman–Crippen LogP) is 4.42. The third kappa shape index (κ3) is 4.91. The van der Waals surface area contributed by atoms with Crippen molar-refractivity contribution in [3.8, 4) is 11.6 Å². The van der Waals surface area contributed by atoms with Gasteiger partial charge in [0.15, 0.2) is 5.76 Å². The lowest BCUT2D eigenvalue weighted by atomic mass is 10.1. The summed E-state index contributed by atoms with van der Waals surface area (Å²) >= 11 is 0. The van der Waals surface area contributed by atoms with Crippen LogP contribution in [0.4, 0.5) is 4.39 Å². The van der Waals surface area contributed by atoms with Crippen LogP contribution in [0, 0.1) is 5.82 Å². The molecule has 1 fully saturated rings. The lowest BCUT2D eigenvalue weighted by Gasteiger charge is -2.29. The van der Waals surface area contributed by atoms with E-state index in [-0.39, 0.29) is 17.8 Å². The van der Waals surface area contributed by atoms with Gasteiger partial charge in [0.05, 0.1) is 6.26 Å². The van der Waals surface area contributed by atoms with Crippen molar-refractivity contribution in [3.63, 3.8) is 0 Å². The van der Waals surface area contributed by atoms with Gasteiger partial charge in [-0.25, -0.2) is 4.39 Å². The van der Waals surface area contributed by atoms with E-state index >= 15 is 0 Å². The number of nitrogens with zero attached hydrogens (tertiary/aromatic N) is 3. The van der Waals surface area contributed by atoms with Crippen LogP contribution in [0.5, 0.6) is 0 Å². The molecular formula is C22H24FN3O3. The molecule has 0 atom stereocenters. The highest BCUT2D eigenvalue weighted by atomic mass is 19.1. The number of hydrogen-bond acceptors (Lipinski definition) is 5. The first-order valence-corrected chi connectivity index (χ1v) is 10.1. The van der Waals surface area contributed by atoms with Gasteiger partial charge in [-0.1, -0.05) is 30.1 Å². The van der Waals surface area contributed by atoms with Gasteiger partial charge in [-0.3, -0.25) is 4.79 Å². The average Bonchev–Trinajstić information content (AvgIpc) is 3.49. The first-order valence-electron chi connectivity index (χ1n) is 10.1. The molecule has 0 saturated heterocycles. The number of carbonyl (C=O) groups excluding carboxylic acids is 1. The molecule has 2 heterocycles. The molecule has 1 amide bonds. The van der Waals surface area contributed by atoms with Gasteiger partial charge in [-0.15, -0.1) is 0 Å². The number of carbonyl (C=O) groups is 1. The van der Waals surface area contributed by atoms with Gasteiger partial charge in [-0.2, -0.15) is 4.98 Å². The van der Waals surface area contributed by atoms with E-state index in [2.05, 4.69) is 10.1 Å². The summed E-state index contributed by atoms with van der Waals surface area (Å²) in [5, 5.41) is 3.91. The Morgan fingerprint density at radius 3 is 2.66 bits per heavy atom. The fourth-order valence-corrected chi connectivity index (χ4v) is 3.85. The molecule has 29 heavy (non-hydrogen) atoms. The Labute approximate surface area is 168 Å². The van der Waals surface area contributed by atoms with Crippen molar-refractivity contribution in [2.24, 2.45) is 0 Å². The van der Waals surface area contributed by atoms with Crippen molar-refractivity contribution in [1.82, 2.24) is 15.0 Å². The van der Waals surface area contributed by atoms with Crippen molar-refractivity contribution in [1.29, 1.82) is 0 Å². The number of furan rings is 1. The molecule has 3 aromatic rings. The summed E-state index contributed by atoms with van der Waals surface area (Å²) in [4.78, 5) is 19.3. The molecule has 0 aliphatic heterocycles. The molecule has 2 aromatic heterocycles. The van der Waals surface area contributed by atoms with Gasteiger partial charge >= 0.3 is 0 Å². The minimum atomic E-state index is -0.244. The van der Waals surface area contributed by atoms with Crippen molar-refractivity contribution >= 4 is 5.91 Å². The molecule has 6 nitrogen and oxygen atoms in total. The van der Waals surface area contributed by atoms with Crippen molar-refractivity contribution in [3.05, 3.63) is 59.9 Å². The molecule has 7 heteroatoms.